The van der Waals surface area contributed by atoms with Gasteiger partial charge in [-0.3, -0.25) is 0 Å². The van der Waals surface area contributed by atoms with Crippen LogP contribution in [0.25, 0.3) is 0 Å². The number of halogens is 3. The van der Waals surface area contributed by atoms with Gasteiger partial charge in [0.1, 0.15) is 0 Å². The Morgan fingerprint density at radius 3 is 2.67 bits per heavy atom. The molecule has 1 unspecified atom stereocenters. The molecule has 0 spiro atoms. The fourth-order valence-electron chi connectivity index (χ4n) is 3.08. The van der Waals surface area contributed by atoms with Crippen molar-refractivity contribution < 1.29 is 21.6 Å². The van der Waals surface area contributed by atoms with Crippen molar-refractivity contribution in [1.29, 1.82) is 5.26 Å². The lowest BCUT2D eigenvalue weighted by atomic mass is 9.95. The number of fused-ring (bicyclic) bond motifs is 1. The molecule has 0 saturated heterocycles. The fraction of sp³-hybridized carbons (Fsp3) is 0.278. The Balaban J connectivity index is 1.81. The molecule has 2 aromatic rings. The van der Waals surface area contributed by atoms with E-state index in [9.17, 15) is 21.6 Å². The highest BCUT2D eigenvalue weighted by Gasteiger charge is 2.34. The van der Waals surface area contributed by atoms with E-state index in [1.54, 1.807) is 0 Å². The van der Waals surface area contributed by atoms with Gasteiger partial charge in [-0.15, -0.1) is 0 Å². The van der Waals surface area contributed by atoms with Crippen LogP contribution in [0.5, 0.6) is 0 Å². The Labute approximate surface area is 154 Å². The Hall–Kier alpha value is -2.41. The largest absolute Gasteiger partial charge is 0.417 e. The van der Waals surface area contributed by atoms with E-state index < -0.39 is 27.3 Å². The molecule has 1 aliphatic heterocycles. The monoisotopic (exact) mass is 395 g/mol. The van der Waals surface area contributed by atoms with Crippen molar-refractivity contribution in [2.45, 2.75) is 23.5 Å². The molecule has 0 bridgehead atoms. The molecule has 2 N–H and O–H groups in total. The molecular weight excluding hydrogens is 379 g/mol. The zero-order valence-corrected chi connectivity index (χ0v) is 14.9. The summed E-state index contributed by atoms with van der Waals surface area (Å²) in [4.78, 5) is -0.379. The first-order valence-corrected chi connectivity index (χ1v) is 9.63. The molecule has 3 rings (SSSR count). The zero-order valence-electron chi connectivity index (χ0n) is 14.0. The average molecular weight is 395 g/mol. The fourth-order valence-corrected chi connectivity index (χ4v) is 4.15. The van der Waals surface area contributed by atoms with E-state index in [2.05, 4.69) is 10.0 Å². The Kier molecular flexibility index (Phi) is 5.24. The van der Waals surface area contributed by atoms with Crippen LogP contribution < -0.4 is 10.0 Å². The number of benzene rings is 2. The van der Waals surface area contributed by atoms with E-state index in [0.717, 1.165) is 29.7 Å². The molecule has 0 aliphatic carbocycles. The van der Waals surface area contributed by atoms with Crippen LogP contribution >= 0.6 is 0 Å². The summed E-state index contributed by atoms with van der Waals surface area (Å²) in [6.07, 6.45) is -3.89. The number of rotatable bonds is 4. The van der Waals surface area contributed by atoms with Crippen molar-refractivity contribution in [2.24, 2.45) is 0 Å². The van der Waals surface area contributed by atoms with Gasteiger partial charge in [-0.1, -0.05) is 24.3 Å². The van der Waals surface area contributed by atoms with Crippen LogP contribution in [0.1, 0.15) is 28.3 Å². The highest BCUT2D eigenvalue weighted by molar-refractivity contribution is 7.89. The van der Waals surface area contributed by atoms with Gasteiger partial charge in [0.05, 0.1) is 22.1 Å². The second kappa shape index (κ2) is 7.31. The lowest BCUT2D eigenvalue weighted by molar-refractivity contribution is -0.137. The van der Waals surface area contributed by atoms with Crippen molar-refractivity contribution in [3.05, 3.63) is 64.7 Å². The second-order valence-electron chi connectivity index (χ2n) is 6.12. The van der Waals surface area contributed by atoms with E-state index in [-0.39, 0.29) is 17.5 Å². The average Bonchev–Trinajstić information content (AvgIpc) is 2.65. The Morgan fingerprint density at radius 1 is 1.22 bits per heavy atom. The number of nitrogens with one attached hydrogen (secondary N) is 2. The topological polar surface area (TPSA) is 82.0 Å². The van der Waals surface area contributed by atoms with Gasteiger partial charge in [0.2, 0.25) is 10.0 Å². The van der Waals surface area contributed by atoms with Crippen molar-refractivity contribution in [3.8, 4) is 6.07 Å². The number of sulfonamides is 1. The second-order valence-corrected chi connectivity index (χ2v) is 7.89. The van der Waals surface area contributed by atoms with Crippen LogP contribution in [0, 0.1) is 11.3 Å². The van der Waals surface area contributed by atoms with Gasteiger partial charge in [-0.2, -0.15) is 18.4 Å². The first-order valence-electron chi connectivity index (χ1n) is 8.14. The summed E-state index contributed by atoms with van der Waals surface area (Å²) in [6, 6.07) is 11.0. The molecular formula is C18H16F3N3O2S. The molecule has 0 amide bonds. The molecule has 0 saturated carbocycles. The molecule has 1 aliphatic rings. The van der Waals surface area contributed by atoms with E-state index in [0.29, 0.717) is 12.6 Å². The first-order chi connectivity index (χ1) is 12.7. The number of alkyl halides is 3. The normalized spacial score (nSPS) is 17.2. The molecule has 0 aromatic heterocycles. The molecule has 142 valence electrons. The number of hydrogen-bond donors (Lipinski definition) is 2. The van der Waals surface area contributed by atoms with Gasteiger partial charge < -0.3 is 5.32 Å². The van der Waals surface area contributed by atoms with Gasteiger partial charge in [-0.05, 0) is 42.3 Å². The minimum absolute atomic E-state index is 0.0439. The third kappa shape index (κ3) is 4.13. The maximum absolute atomic E-state index is 12.9. The third-order valence-electron chi connectivity index (χ3n) is 4.42. The highest BCUT2D eigenvalue weighted by atomic mass is 32.2. The smallest absolute Gasteiger partial charge is 0.308 e. The molecule has 1 atom stereocenters. The molecule has 0 fully saturated rings. The van der Waals surface area contributed by atoms with Crippen LogP contribution in [0.3, 0.4) is 0 Å². The highest BCUT2D eigenvalue weighted by Crippen LogP contribution is 2.33. The van der Waals surface area contributed by atoms with Gasteiger partial charge in [0.25, 0.3) is 0 Å². The summed E-state index contributed by atoms with van der Waals surface area (Å²) in [6.45, 7) is 0.741. The SMILES string of the molecule is N#Cc1cc(S(=O)(=O)NCC2NCCc3ccccc32)ccc1C(F)(F)F. The summed E-state index contributed by atoms with van der Waals surface area (Å²) in [5, 5.41) is 12.2. The Bertz CT molecular complexity index is 998. The number of nitrogens with zero attached hydrogens (tertiary/aromatic N) is 1. The zero-order chi connectivity index (χ0) is 19.7. The predicted octanol–water partition coefficient (Wildman–Crippen LogP) is 2.74. The van der Waals surface area contributed by atoms with E-state index in [1.165, 1.54) is 6.07 Å². The van der Waals surface area contributed by atoms with Crippen LogP contribution in [0.4, 0.5) is 13.2 Å². The van der Waals surface area contributed by atoms with Crippen molar-refractivity contribution in [1.82, 2.24) is 10.0 Å². The first kappa shape index (κ1) is 19.4. The molecule has 9 heteroatoms. The van der Waals surface area contributed by atoms with Gasteiger partial charge >= 0.3 is 6.18 Å². The number of nitriles is 1. The number of hydrogen-bond acceptors (Lipinski definition) is 4. The third-order valence-corrected chi connectivity index (χ3v) is 5.84. The van der Waals surface area contributed by atoms with Crippen LogP contribution in [0.15, 0.2) is 47.4 Å². The lowest BCUT2D eigenvalue weighted by Gasteiger charge is -2.27. The van der Waals surface area contributed by atoms with Gasteiger partial charge in [0, 0.05) is 12.6 Å². The van der Waals surface area contributed by atoms with Crippen LogP contribution in [-0.2, 0) is 22.6 Å². The van der Waals surface area contributed by atoms with Crippen LogP contribution in [0.2, 0.25) is 0 Å². The predicted molar refractivity (Wildman–Crippen MR) is 92.2 cm³/mol. The van der Waals surface area contributed by atoms with Crippen LogP contribution in [-0.4, -0.2) is 21.5 Å². The molecule has 1 heterocycles. The van der Waals surface area contributed by atoms with Gasteiger partial charge in [-0.25, -0.2) is 13.1 Å². The van der Waals surface area contributed by atoms with Crippen molar-refractivity contribution in [3.63, 3.8) is 0 Å². The minimum Gasteiger partial charge on any atom is -0.308 e. The summed E-state index contributed by atoms with van der Waals surface area (Å²) in [5.41, 5.74) is 0.219. The van der Waals surface area contributed by atoms with E-state index in [4.69, 9.17) is 5.26 Å². The lowest BCUT2D eigenvalue weighted by Crippen LogP contribution is -2.38. The molecule has 0 radical (unpaired) electrons. The standard InChI is InChI=1S/C18H16F3N3O2S/c19-18(20,21)16-6-5-14(9-13(16)10-22)27(25,26)24-11-17-15-4-2-1-3-12(15)7-8-23-17/h1-6,9,17,23-24H,7-8,11H2. The summed E-state index contributed by atoms with van der Waals surface area (Å²) >= 11 is 0. The summed E-state index contributed by atoms with van der Waals surface area (Å²) < 4.78 is 66.0. The Morgan fingerprint density at radius 2 is 1.96 bits per heavy atom. The quantitative estimate of drug-likeness (QED) is 0.834. The van der Waals surface area contributed by atoms with Crippen molar-refractivity contribution in [2.75, 3.05) is 13.1 Å². The maximum atomic E-state index is 12.9. The molecule has 5 nitrogen and oxygen atoms in total. The summed E-state index contributed by atoms with van der Waals surface area (Å²) in [7, 11) is -4.07. The minimum atomic E-state index is -4.73. The maximum Gasteiger partial charge on any atom is 0.417 e. The molecule has 27 heavy (non-hydrogen) atoms. The van der Waals surface area contributed by atoms with Gasteiger partial charge in [0.15, 0.2) is 0 Å². The van der Waals surface area contributed by atoms with E-state index >= 15 is 0 Å². The summed E-state index contributed by atoms with van der Waals surface area (Å²) in [5.74, 6) is 0. The van der Waals surface area contributed by atoms with Crippen molar-refractivity contribution >= 4 is 10.0 Å². The van der Waals surface area contributed by atoms with E-state index in [1.807, 2.05) is 24.3 Å². The molecule has 2 aromatic carbocycles.